The molecule has 3 rings (SSSR count). The number of hydrogen-bond donors (Lipinski definition) is 1. The Balaban J connectivity index is 1.93. The van der Waals surface area contributed by atoms with Crippen molar-refractivity contribution < 1.29 is 9.90 Å². The van der Waals surface area contributed by atoms with Crippen LogP contribution < -0.4 is 0 Å². The molecule has 0 radical (unpaired) electrons. The van der Waals surface area contributed by atoms with E-state index in [-0.39, 0.29) is 5.56 Å². The van der Waals surface area contributed by atoms with Crippen LogP contribution in [0, 0.1) is 6.92 Å². The van der Waals surface area contributed by atoms with Crippen molar-refractivity contribution >= 4 is 5.97 Å². The minimum Gasteiger partial charge on any atom is -0.478 e. The Kier molecular flexibility index (Phi) is 5.08. The molecule has 3 heterocycles. The van der Waals surface area contributed by atoms with Gasteiger partial charge in [0.05, 0.1) is 11.3 Å². The molecule has 132 valence electrons. The van der Waals surface area contributed by atoms with Gasteiger partial charge >= 0.3 is 5.97 Å². The fraction of sp³-hybridized carbons (Fsp3) is 0.474. The van der Waals surface area contributed by atoms with Gasteiger partial charge in [-0.05, 0) is 52.3 Å². The molecule has 1 atom stereocenters. The second-order valence-corrected chi connectivity index (χ2v) is 6.92. The number of carbonyl (C=O) groups is 1. The van der Waals surface area contributed by atoms with E-state index in [2.05, 4.69) is 33.7 Å². The molecule has 0 amide bonds. The van der Waals surface area contributed by atoms with Crippen LogP contribution in [0.2, 0.25) is 0 Å². The van der Waals surface area contributed by atoms with E-state index < -0.39 is 5.97 Å². The van der Waals surface area contributed by atoms with Crippen LogP contribution in [0.25, 0.3) is 11.3 Å². The van der Waals surface area contributed by atoms with Gasteiger partial charge in [-0.25, -0.2) is 14.8 Å². The molecule has 1 saturated heterocycles. The van der Waals surface area contributed by atoms with Gasteiger partial charge in [-0.15, -0.1) is 0 Å². The van der Waals surface area contributed by atoms with Gasteiger partial charge in [0.15, 0.2) is 0 Å². The summed E-state index contributed by atoms with van der Waals surface area (Å²) in [7, 11) is 0. The summed E-state index contributed by atoms with van der Waals surface area (Å²) in [5, 5.41) is 9.17. The molecule has 1 fully saturated rings. The lowest BCUT2D eigenvalue weighted by molar-refractivity contribution is 0.0696. The van der Waals surface area contributed by atoms with E-state index in [1.807, 2.05) is 13.0 Å². The van der Waals surface area contributed by atoms with Crippen LogP contribution in [0.5, 0.6) is 0 Å². The average Bonchev–Trinajstić information content (AvgIpc) is 2.61. The van der Waals surface area contributed by atoms with E-state index in [9.17, 15) is 9.90 Å². The molecule has 6 heteroatoms. The molecule has 0 unspecified atom stereocenters. The van der Waals surface area contributed by atoms with Crippen LogP contribution in [0.1, 0.15) is 54.5 Å². The summed E-state index contributed by atoms with van der Waals surface area (Å²) >= 11 is 0. The number of carboxylic acids is 1. The molecule has 0 aromatic carbocycles. The Morgan fingerprint density at radius 1 is 1.28 bits per heavy atom. The van der Waals surface area contributed by atoms with Crippen molar-refractivity contribution in [2.75, 3.05) is 13.1 Å². The standard InChI is InChI=1S/C19H24N4O2/c1-12(2)23-6-4-5-14(11-23)17-8-18(22-13(3)21-17)15-7-16(19(24)25)10-20-9-15/h7-10,12,14H,4-6,11H2,1-3H3,(H,24,25)/t14-/m1/s1. The monoisotopic (exact) mass is 340 g/mol. The zero-order chi connectivity index (χ0) is 18.0. The van der Waals surface area contributed by atoms with Gasteiger partial charge in [-0.3, -0.25) is 4.98 Å². The van der Waals surface area contributed by atoms with Gasteiger partial charge in [0.1, 0.15) is 5.82 Å². The van der Waals surface area contributed by atoms with Crippen molar-refractivity contribution in [2.45, 2.75) is 45.6 Å². The van der Waals surface area contributed by atoms with Crippen LogP contribution in [-0.2, 0) is 0 Å². The summed E-state index contributed by atoms with van der Waals surface area (Å²) in [6.07, 6.45) is 5.28. The molecular formula is C19H24N4O2. The molecule has 1 aliphatic heterocycles. The largest absolute Gasteiger partial charge is 0.478 e. The molecule has 2 aromatic rings. The third-order valence-electron chi connectivity index (χ3n) is 4.74. The normalized spacial score (nSPS) is 18.5. The van der Waals surface area contributed by atoms with Crippen LogP contribution in [-0.4, -0.2) is 50.1 Å². The van der Waals surface area contributed by atoms with Crippen molar-refractivity contribution in [1.82, 2.24) is 19.9 Å². The Labute approximate surface area is 148 Å². The highest BCUT2D eigenvalue weighted by Crippen LogP contribution is 2.29. The van der Waals surface area contributed by atoms with Crippen LogP contribution in [0.4, 0.5) is 0 Å². The lowest BCUT2D eigenvalue weighted by Crippen LogP contribution is -2.39. The molecule has 1 N–H and O–H groups in total. The topological polar surface area (TPSA) is 79.2 Å². The van der Waals surface area contributed by atoms with Crippen molar-refractivity contribution in [1.29, 1.82) is 0 Å². The number of aromatic carboxylic acids is 1. The highest BCUT2D eigenvalue weighted by atomic mass is 16.4. The second kappa shape index (κ2) is 7.27. The first-order chi connectivity index (χ1) is 11.9. The number of aromatic nitrogens is 3. The lowest BCUT2D eigenvalue weighted by Gasteiger charge is -2.35. The first-order valence-corrected chi connectivity index (χ1v) is 8.72. The molecular weight excluding hydrogens is 316 g/mol. The number of pyridine rings is 1. The van der Waals surface area contributed by atoms with E-state index in [1.165, 1.54) is 6.20 Å². The van der Waals surface area contributed by atoms with Crippen molar-refractivity contribution in [3.63, 3.8) is 0 Å². The molecule has 25 heavy (non-hydrogen) atoms. The maximum Gasteiger partial charge on any atom is 0.337 e. The number of carboxylic acid groups (broad SMARTS) is 1. The second-order valence-electron chi connectivity index (χ2n) is 6.92. The fourth-order valence-electron chi connectivity index (χ4n) is 3.36. The van der Waals surface area contributed by atoms with E-state index >= 15 is 0 Å². The molecule has 1 aliphatic rings. The molecule has 0 spiro atoms. The first-order valence-electron chi connectivity index (χ1n) is 8.72. The lowest BCUT2D eigenvalue weighted by atomic mass is 9.93. The summed E-state index contributed by atoms with van der Waals surface area (Å²) in [5.41, 5.74) is 2.65. The maximum absolute atomic E-state index is 11.2. The first kappa shape index (κ1) is 17.5. The summed E-state index contributed by atoms with van der Waals surface area (Å²) in [4.78, 5) is 26.9. The minimum absolute atomic E-state index is 0.166. The molecule has 0 aliphatic carbocycles. The Hall–Kier alpha value is -2.34. The Morgan fingerprint density at radius 3 is 2.80 bits per heavy atom. The summed E-state index contributed by atoms with van der Waals surface area (Å²) in [6, 6.07) is 4.13. The van der Waals surface area contributed by atoms with Crippen LogP contribution in [0.15, 0.2) is 24.5 Å². The number of nitrogens with zero attached hydrogens (tertiary/aromatic N) is 4. The predicted molar refractivity (Wildman–Crippen MR) is 95.6 cm³/mol. The highest BCUT2D eigenvalue weighted by molar-refractivity contribution is 5.88. The number of piperidine rings is 1. The van der Waals surface area contributed by atoms with Crippen LogP contribution >= 0.6 is 0 Å². The van der Waals surface area contributed by atoms with E-state index in [0.29, 0.717) is 23.3 Å². The van der Waals surface area contributed by atoms with Gasteiger partial charge in [0.25, 0.3) is 0 Å². The number of hydrogen-bond acceptors (Lipinski definition) is 5. The predicted octanol–water partition coefficient (Wildman–Crippen LogP) is 3.13. The Bertz CT molecular complexity index is 776. The van der Waals surface area contributed by atoms with Gasteiger partial charge in [-0.1, -0.05) is 0 Å². The van der Waals surface area contributed by atoms with Crippen molar-refractivity contribution in [2.24, 2.45) is 0 Å². The van der Waals surface area contributed by atoms with Crippen molar-refractivity contribution in [3.05, 3.63) is 41.6 Å². The summed E-state index contributed by atoms with van der Waals surface area (Å²) in [6.45, 7) is 8.46. The molecule has 6 nitrogen and oxygen atoms in total. The summed E-state index contributed by atoms with van der Waals surface area (Å²) in [5.74, 6) is 0.0994. The van der Waals surface area contributed by atoms with Crippen molar-refractivity contribution in [3.8, 4) is 11.3 Å². The van der Waals surface area contributed by atoms with E-state index in [1.54, 1.807) is 12.3 Å². The minimum atomic E-state index is -0.986. The highest BCUT2D eigenvalue weighted by Gasteiger charge is 2.24. The Morgan fingerprint density at radius 2 is 2.08 bits per heavy atom. The molecule has 0 saturated carbocycles. The van der Waals surface area contributed by atoms with Gasteiger partial charge in [-0.2, -0.15) is 0 Å². The quantitative estimate of drug-likeness (QED) is 0.921. The average molecular weight is 340 g/mol. The zero-order valence-electron chi connectivity index (χ0n) is 14.9. The zero-order valence-corrected chi connectivity index (χ0v) is 14.9. The number of aryl methyl sites for hydroxylation is 1. The van der Waals surface area contributed by atoms with Gasteiger partial charge < -0.3 is 10.0 Å². The molecule has 0 bridgehead atoms. The van der Waals surface area contributed by atoms with Crippen LogP contribution in [0.3, 0.4) is 0 Å². The third kappa shape index (κ3) is 4.02. The van der Waals surface area contributed by atoms with Gasteiger partial charge in [0.2, 0.25) is 0 Å². The SMILES string of the molecule is Cc1nc(-c2cncc(C(=O)O)c2)cc([C@@H]2CCCN(C(C)C)C2)n1. The van der Waals surface area contributed by atoms with E-state index in [0.717, 1.165) is 37.3 Å². The molecule has 2 aromatic heterocycles. The number of likely N-dealkylation sites (tertiary alicyclic amines) is 1. The fourth-order valence-corrected chi connectivity index (χ4v) is 3.36. The number of rotatable bonds is 4. The van der Waals surface area contributed by atoms with E-state index in [4.69, 9.17) is 0 Å². The maximum atomic E-state index is 11.2. The summed E-state index contributed by atoms with van der Waals surface area (Å²) < 4.78 is 0. The smallest absolute Gasteiger partial charge is 0.337 e. The van der Waals surface area contributed by atoms with Gasteiger partial charge in [0, 0.05) is 42.2 Å². The third-order valence-corrected chi connectivity index (χ3v) is 4.74.